The van der Waals surface area contributed by atoms with Crippen LogP contribution in [-0.2, 0) is 0 Å². The van der Waals surface area contributed by atoms with Gasteiger partial charge in [0.1, 0.15) is 6.61 Å². The van der Waals surface area contributed by atoms with E-state index in [1.54, 1.807) is 7.11 Å². The van der Waals surface area contributed by atoms with Crippen LogP contribution in [0.15, 0.2) is 24.3 Å². The van der Waals surface area contributed by atoms with Crippen LogP contribution in [-0.4, -0.2) is 44.3 Å². The Morgan fingerprint density at radius 2 is 2.05 bits per heavy atom. The summed E-state index contributed by atoms with van der Waals surface area (Å²) < 4.78 is 11.1. The third-order valence-electron chi connectivity index (χ3n) is 4.14. The molecular formula is C16H26N2O2. The van der Waals surface area contributed by atoms with E-state index in [1.807, 2.05) is 24.3 Å². The van der Waals surface area contributed by atoms with E-state index >= 15 is 0 Å². The minimum Gasteiger partial charge on any atom is -0.493 e. The van der Waals surface area contributed by atoms with Gasteiger partial charge in [-0.2, -0.15) is 0 Å². The van der Waals surface area contributed by atoms with Crippen molar-refractivity contribution in [3.05, 3.63) is 24.3 Å². The summed E-state index contributed by atoms with van der Waals surface area (Å²) in [5.41, 5.74) is 6.13. The lowest BCUT2D eigenvalue weighted by Crippen LogP contribution is -2.47. The Balaban J connectivity index is 1.78. The lowest BCUT2D eigenvalue weighted by atomic mass is 9.91. The fourth-order valence-electron chi connectivity index (χ4n) is 2.78. The molecule has 1 aliphatic rings. The summed E-state index contributed by atoms with van der Waals surface area (Å²) in [7, 11) is 1.67. The van der Waals surface area contributed by atoms with Crippen molar-refractivity contribution in [2.45, 2.75) is 25.8 Å². The van der Waals surface area contributed by atoms with Gasteiger partial charge in [-0.3, -0.25) is 4.90 Å². The molecule has 2 N–H and O–H groups in total. The predicted octanol–water partition coefficient (Wildman–Crippen LogP) is 2.13. The van der Waals surface area contributed by atoms with Crippen LogP contribution in [0.25, 0.3) is 0 Å². The van der Waals surface area contributed by atoms with Gasteiger partial charge in [0.15, 0.2) is 11.5 Å². The predicted molar refractivity (Wildman–Crippen MR) is 81.3 cm³/mol. The molecule has 20 heavy (non-hydrogen) atoms. The zero-order valence-corrected chi connectivity index (χ0v) is 12.5. The molecule has 1 saturated heterocycles. The monoisotopic (exact) mass is 278 g/mol. The van der Waals surface area contributed by atoms with Crippen molar-refractivity contribution >= 4 is 0 Å². The van der Waals surface area contributed by atoms with Crippen LogP contribution in [0.4, 0.5) is 0 Å². The van der Waals surface area contributed by atoms with Crippen LogP contribution in [0.3, 0.4) is 0 Å². The first kappa shape index (κ1) is 15.1. The second-order valence-corrected chi connectivity index (χ2v) is 5.42. The van der Waals surface area contributed by atoms with E-state index in [4.69, 9.17) is 15.2 Å². The molecule has 2 unspecified atom stereocenters. The molecule has 1 aromatic carbocycles. The summed E-state index contributed by atoms with van der Waals surface area (Å²) in [5.74, 6) is 2.23. The van der Waals surface area contributed by atoms with Crippen molar-refractivity contribution in [2.75, 3.05) is 33.4 Å². The minimum atomic E-state index is 0.367. The van der Waals surface area contributed by atoms with Gasteiger partial charge in [-0.25, -0.2) is 0 Å². The Hall–Kier alpha value is -1.26. The molecule has 2 rings (SSSR count). The molecule has 1 aromatic rings. The third kappa shape index (κ3) is 3.87. The average molecular weight is 278 g/mol. The van der Waals surface area contributed by atoms with Gasteiger partial charge in [-0.05, 0) is 31.0 Å². The fraction of sp³-hybridized carbons (Fsp3) is 0.625. The number of likely N-dealkylation sites (tertiary alicyclic amines) is 1. The molecule has 1 heterocycles. The van der Waals surface area contributed by atoms with Crippen molar-refractivity contribution in [1.29, 1.82) is 0 Å². The Labute approximate surface area is 121 Å². The minimum absolute atomic E-state index is 0.367. The molecular weight excluding hydrogens is 252 g/mol. The van der Waals surface area contributed by atoms with E-state index < -0.39 is 0 Å². The van der Waals surface area contributed by atoms with Gasteiger partial charge in [0, 0.05) is 19.1 Å². The van der Waals surface area contributed by atoms with Crippen LogP contribution < -0.4 is 15.2 Å². The molecule has 1 aliphatic heterocycles. The number of ether oxygens (including phenoxy) is 2. The number of methoxy groups -OCH3 is 1. The van der Waals surface area contributed by atoms with Crippen LogP contribution in [0.1, 0.15) is 19.8 Å². The third-order valence-corrected chi connectivity index (χ3v) is 4.14. The molecule has 0 amide bonds. The number of nitrogens with two attached hydrogens (primary N) is 1. The summed E-state index contributed by atoms with van der Waals surface area (Å²) in [6, 6.07) is 8.14. The summed E-state index contributed by atoms with van der Waals surface area (Å²) >= 11 is 0. The van der Waals surface area contributed by atoms with E-state index in [2.05, 4.69) is 11.8 Å². The SMILES string of the molecule is CCC1CN(CCOc2ccccc2OC)CCC1N. The number of piperidine rings is 1. The van der Waals surface area contributed by atoms with Crippen LogP contribution in [0.2, 0.25) is 0 Å². The van der Waals surface area contributed by atoms with Crippen LogP contribution in [0.5, 0.6) is 11.5 Å². The summed E-state index contributed by atoms with van der Waals surface area (Å²) in [5, 5.41) is 0. The summed E-state index contributed by atoms with van der Waals surface area (Å²) in [4.78, 5) is 2.45. The maximum atomic E-state index is 6.13. The lowest BCUT2D eigenvalue weighted by Gasteiger charge is -2.36. The highest BCUT2D eigenvalue weighted by Gasteiger charge is 2.24. The van der Waals surface area contributed by atoms with Crippen molar-refractivity contribution in [1.82, 2.24) is 4.90 Å². The maximum absolute atomic E-state index is 6.13. The van der Waals surface area contributed by atoms with E-state index in [-0.39, 0.29) is 0 Å². The molecule has 1 fully saturated rings. The smallest absolute Gasteiger partial charge is 0.161 e. The Morgan fingerprint density at radius 1 is 1.30 bits per heavy atom. The van der Waals surface area contributed by atoms with Gasteiger partial charge < -0.3 is 15.2 Å². The van der Waals surface area contributed by atoms with Crippen molar-refractivity contribution in [3.8, 4) is 11.5 Å². The van der Waals surface area contributed by atoms with E-state index in [9.17, 15) is 0 Å². The molecule has 0 radical (unpaired) electrons. The topological polar surface area (TPSA) is 47.7 Å². The quantitative estimate of drug-likeness (QED) is 0.866. The van der Waals surface area contributed by atoms with Crippen molar-refractivity contribution in [2.24, 2.45) is 11.7 Å². The molecule has 0 aromatic heterocycles. The second-order valence-electron chi connectivity index (χ2n) is 5.42. The van der Waals surface area contributed by atoms with Crippen molar-refractivity contribution in [3.63, 3.8) is 0 Å². The molecule has 4 nitrogen and oxygen atoms in total. The first-order valence-corrected chi connectivity index (χ1v) is 7.48. The van der Waals surface area contributed by atoms with Crippen LogP contribution >= 0.6 is 0 Å². The Kier molecular flexibility index (Phi) is 5.68. The Morgan fingerprint density at radius 3 is 2.75 bits per heavy atom. The second kappa shape index (κ2) is 7.50. The largest absolute Gasteiger partial charge is 0.493 e. The molecule has 0 bridgehead atoms. The number of para-hydroxylation sites is 2. The van der Waals surface area contributed by atoms with Gasteiger partial charge in [-0.15, -0.1) is 0 Å². The van der Waals surface area contributed by atoms with Gasteiger partial charge in [0.05, 0.1) is 7.11 Å². The normalized spacial score (nSPS) is 23.6. The first-order valence-electron chi connectivity index (χ1n) is 7.48. The fourth-order valence-corrected chi connectivity index (χ4v) is 2.78. The molecule has 0 saturated carbocycles. The number of hydrogen-bond acceptors (Lipinski definition) is 4. The van der Waals surface area contributed by atoms with E-state index in [0.29, 0.717) is 18.6 Å². The lowest BCUT2D eigenvalue weighted by molar-refractivity contribution is 0.129. The summed E-state index contributed by atoms with van der Waals surface area (Å²) in [6.07, 6.45) is 2.25. The molecule has 2 atom stereocenters. The molecule has 112 valence electrons. The first-order chi connectivity index (χ1) is 9.74. The average Bonchev–Trinajstić information content (AvgIpc) is 2.49. The number of hydrogen-bond donors (Lipinski definition) is 1. The van der Waals surface area contributed by atoms with Gasteiger partial charge in [-0.1, -0.05) is 25.5 Å². The zero-order valence-electron chi connectivity index (χ0n) is 12.5. The summed E-state index contributed by atoms with van der Waals surface area (Å²) in [6.45, 7) is 6.02. The maximum Gasteiger partial charge on any atom is 0.161 e. The number of benzene rings is 1. The van der Waals surface area contributed by atoms with Gasteiger partial charge in [0.2, 0.25) is 0 Å². The molecule has 0 aliphatic carbocycles. The van der Waals surface area contributed by atoms with E-state index in [1.165, 1.54) is 0 Å². The van der Waals surface area contributed by atoms with Gasteiger partial charge in [0.25, 0.3) is 0 Å². The number of rotatable bonds is 6. The zero-order chi connectivity index (χ0) is 14.4. The standard InChI is InChI=1S/C16H26N2O2/c1-3-13-12-18(9-8-14(13)17)10-11-20-16-7-5-4-6-15(16)19-2/h4-7,13-14H,3,8-12,17H2,1-2H3. The van der Waals surface area contributed by atoms with E-state index in [0.717, 1.165) is 44.0 Å². The highest BCUT2D eigenvalue weighted by Crippen LogP contribution is 2.25. The molecule has 4 heteroatoms. The number of nitrogens with zero attached hydrogens (tertiary/aromatic N) is 1. The highest BCUT2D eigenvalue weighted by molar-refractivity contribution is 5.39. The van der Waals surface area contributed by atoms with Gasteiger partial charge >= 0.3 is 0 Å². The Bertz CT molecular complexity index is 411. The van der Waals surface area contributed by atoms with Crippen molar-refractivity contribution < 1.29 is 9.47 Å². The highest BCUT2D eigenvalue weighted by atomic mass is 16.5. The van der Waals surface area contributed by atoms with Crippen LogP contribution in [0, 0.1) is 5.92 Å². The molecule has 0 spiro atoms.